The number of aliphatic imine (C=N–C) groups is 1. The highest BCUT2D eigenvalue weighted by Crippen LogP contribution is 2.13. The van der Waals surface area contributed by atoms with Crippen LogP contribution in [-0.2, 0) is 40.0 Å². The van der Waals surface area contributed by atoms with Gasteiger partial charge in [0, 0.05) is 18.7 Å². The fourth-order valence-electron chi connectivity index (χ4n) is 3.90. The van der Waals surface area contributed by atoms with E-state index in [2.05, 4.69) is 44.2 Å². The number of hydrogen-bond acceptors (Lipinski definition) is 9. The summed E-state index contributed by atoms with van der Waals surface area (Å²) in [5.41, 5.74) is 11.3. The van der Waals surface area contributed by atoms with Gasteiger partial charge in [-0.2, -0.15) is 25.8 Å². The van der Waals surface area contributed by atoms with Crippen LogP contribution >= 0.6 is 12.6 Å². The van der Waals surface area contributed by atoms with Crippen LogP contribution in [0.25, 0.3) is 0 Å². The lowest BCUT2D eigenvalue weighted by molar-refractivity contribution is -0.192. The van der Waals surface area contributed by atoms with Crippen molar-refractivity contribution in [2.45, 2.75) is 69.0 Å². The summed E-state index contributed by atoms with van der Waals surface area (Å²) in [4.78, 5) is 89.7. The molecule has 48 heavy (non-hydrogen) atoms. The van der Waals surface area contributed by atoms with Crippen molar-refractivity contribution < 1.29 is 56.9 Å². The number of guanidine groups is 1. The number of nitrogens with two attached hydrogens (primary N) is 2. The second-order valence-corrected chi connectivity index (χ2v) is 10.6. The van der Waals surface area contributed by atoms with Crippen LogP contribution in [0, 0.1) is 0 Å². The van der Waals surface area contributed by atoms with Gasteiger partial charge in [0.1, 0.15) is 30.2 Å². The molecule has 1 heterocycles. The average molecular weight is 707 g/mol. The van der Waals surface area contributed by atoms with E-state index in [0.29, 0.717) is 5.56 Å². The van der Waals surface area contributed by atoms with Gasteiger partial charge < -0.3 is 48.3 Å². The Bertz CT molecular complexity index is 1350. The van der Waals surface area contributed by atoms with Crippen LogP contribution in [0.3, 0.4) is 0 Å². The number of benzene rings is 1. The molecule has 5 amide bonds. The largest absolute Gasteiger partial charge is 0.490 e. The number of carbonyl (C=O) groups excluding carboxylic acids is 5. The third-order valence-electron chi connectivity index (χ3n) is 6.32. The van der Waals surface area contributed by atoms with Crippen molar-refractivity contribution in [2.24, 2.45) is 16.5 Å². The van der Waals surface area contributed by atoms with Crippen LogP contribution in [0.1, 0.15) is 31.7 Å². The molecule has 5 atom stereocenters. The number of nitrogens with one attached hydrogen (secondary N) is 5. The van der Waals surface area contributed by atoms with E-state index in [9.17, 15) is 47.0 Å². The number of halogens is 3. The summed E-state index contributed by atoms with van der Waals surface area (Å²) in [6.45, 7) is 1.50. The molecule has 266 valence electrons. The van der Waals surface area contributed by atoms with Gasteiger partial charge in [0.15, 0.2) is 5.96 Å². The molecule has 0 saturated carbocycles. The second kappa shape index (κ2) is 19.6. The van der Waals surface area contributed by atoms with Crippen molar-refractivity contribution in [3.63, 3.8) is 0 Å². The monoisotopic (exact) mass is 706 g/mol. The zero-order chi connectivity index (χ0) is 36.6. The fraction of sp³-hybridized carbons (Fsp3) is 0.481. The van der Waals surface area contributed by atoms with Crippen molar-refractivity contribution in [1.82, 2.24) is 26.6 Å². The Hall–Kier alpha value is -5.08. The minimum Gasteiger partial charge on any atom is -0.481 e. The summed E-state index contributed by atoms with van der Waals surface area (Å²) in [7, 11) is 0. The van der Waals surface area contributed by atoms with Gasteiger partial charge in [-0.05, 0) is 25.3 Å². The molecule has 1 aromatic rings. The van der Waals surface area contributed by atoms with Gasteiger partial charge in [0.25, 0.3) is 0 Å². The molecule has 0 bridgehead atoms. The quantitative estimate of drug-likeness (QED) is 0.0568. The Morgan fingerprint density at radius 2 is 1.29 bits per heavy atom. The summed E-state index contributed by atoms with van der Waals surface area (Å²) < 4.78 is 31.7. The molecule has 1 saturated heterocycles. The number of aliphatic carboxylic acids is 2. The van der Waals surface area contributed by atoms with Crippen LogP contribution in [0.15, 0.2) is 35.3 Å². The van der Waals surface area contributed by atoms with Gasteiger partial charge in [-0.15, -0.1) is 0 Å². The topological polar surface area (TPSA) is 284 Å². The molecule has 0 radical (unpaired) electrons. The molecule has 2 rings (SSSR count). The lowest BCUT2D eigenvalue weighted by atomic mass is 10.0. The number of amides is 5. The predicted molar refractivity (Wildman–Crippen MR) is 165 cm³/mol. The first-order valence-corrected chi connectivity index (χ1v) is 14.7. The van der Waals surface area contributed by atoms with E-state index in [1.165, 1.54) is 6.92 Å². The molecule has 1 aliphatic rings. The molecule has 11 N–H and O–H groups in total. The van der Waals surface area contributed by atoms with Crippen molar-refractivity contribution >= 4 is 60.1 Å². The number of thiol groups is 1. The van der Waals surface area contributed by atoms with E-state index < -0.39 is 84.3 Å². The zero-order valence-electron chi connectivity index (χ0n) is 25.5. The van der Waals surface area contributed by atoms with E-state index in [-0.39, 0.29) is 37.5 Å². The summed E-state index contributed by atoms with van der Waals surface area (Å²) in [5.74, 6) is -8.43. The predicted octanol–water partition coefficient (Wildman–Crippen LogP) is -2.22. The normalized spacial score (nSPS) is 22.4. The highest BCUT2D eigenvalue weighted by Gasteiger charge is 2.38. The number of carboxylic acids is 2. The number of rotatable bonds is 9. The van der Waals surface area contributed by atoms with Gasteiger partial charge in [-0.25, -0.2) is 4.79 Å². The third-order valence-corrected chi connectivity index (χ3v) is 6.68. The molecule has 17 nitrogen and oxygen atoms in total. The van der Waals surface area contributed by atoms with Gasteiger partial charge in [-0.1, -0.05) is 30.3 Å². The molecule has 0 aliphatic carbocycles. The molecular formula is C27H37F3N8O9S. The highest BCUT2D eigenvalue weighted by atomic mass is 32.1. The zero-order valence-corrected chi connectivity index (χ0v) is 26.3. The lowest BCUT2D eigenvalue weighted by Gasteiger charge is -2.25. The van der Waals surface area contributed by atoms with E-state index in [4.69, 9.17) is 21.4 Å². The number of carbonyl (C=O) groups is 7. The first-order valence-electron chi connectivity index (χ1n) is 14.1. The van der Waals surface area contributed by atoms with E-state index in [0.717, 1.165) is 0 Å². The summed E-state index contributed by atoms with van der Waals surface area (Å²) in [6.07, 6.45) is -5.51. The Morgan fingerprint density at radius 1 is 0.812 bits per heavy atom. The molecule has 0 spiro atoms. The molecule has 0 aromatic heterocycles. The standard InChI is InChI=1S/C25H36N8O7S.C2HF3O2/c1-13-20(36)31-17(11-19(34)35)23(39)32-16(10-14-6-3-2-4-7-14)22(38)33-18(12-41)24(40)30-15(21(37)29-13)8-5-9-28-25(26)27;3-2(4,5)1(6)7/h2-4,6-7,13,15-18,41H,5,8-12H2,1H3,(H,29,37)(H,30,40)(H,31,36)(H,32,39)(H,33,38)(H,34,35)(H4,26,27,28);(H,6,7)/t13-,15-,16+,17-,18-;/m0./s1. The first-order chi connectivity index (χ1) is 22.3. The van der Waals surface area contributed by atoms with Gasteiger partial charge in [0.05, 0.1) is 6.42 Å². The van der Waals surface area contributed by atoms with Crippen molar-refractivity contribution in [3.05, 3.63) is 35.9 Å². The van der Waals surface area contributed by atoms with E-state index >= 15 is 0 Å². The smallest absolute Gasteiger partial charge is 0.481 e. The molecule has 21 heteroatoms. The van der Waals surface area contributed by atoms with Crippen LogP contribution < -0.4 is 38.1 Å². The maximum atomic E-state index is 13.3. The molecular weight excluding hydrogens is 669 g/mol. The van der Waals surface area contributed by atoms with Crippen molar-refractivity contribution in [2.75, 3.05) is 12.3 Å². The summed E-state index contributed by atoms with van der Waals surface area (Å²) in [5, 5.41) is 28.8. The van der Waals surface area contributed by atoms with Crippen molar-refractivity contribution in [1.29, 1.82) is 0 Å². The Balaban J connectivity index is 0.00000148. The third kappa shape index (κ3) is 15.0. The van der Waals surface area contributed by atoms with Crippen LogP contribution in [0.5, 0.6) is 0 Å². The Labute approximate surface area is 277 Å². The van der Waals surface area contributed by atoms with Crippen LogP contribution in [0.2, 0.25) is 0 Å². The minimum absolute atomic E-state index is 0.00305. The van der Waals surface area contributed by atoms with Crippen LogP contribution in [0.4, 0.5) is 13.2 Å². The van der Waals surface area contributed by atoms with Gasteiger partial charge in [-0.3, -0.25) is 33.8 Å². The van der Waals surface area contributed by atoms with E-state index in [1.807, 2.05) is 0 Å². The second-order valence-electron chi connectivity index (χ2n) is 10.2. The van der Waals surface area contributed by atoms with Gasteiger partial charge in [0.2, 0.25) is 29.5 Å². The molecule has 1 aliphatic heterocycles. The molecule has 1 fully saturated rings. The van der Waals surface area contributed by atoms with Crippen LogP contribution in [-0.4, -0.2) is 106 Å². The number of alkyl halides is 3. The SMILES string of the molecule is C[C@@H]1NC(=O)[C@H](CCCN=C(N)N)NC(=O)[C@H](CS)NC(=O)[C@@H](Cc2ccccc2)NC(=O)[C@H](CC(=O)O)NC1=O.O=C(O)C(F)(F)F. The summed E-state index contributed by atoms with van der Waals surface area (Å²) in [6, 6.07) is 2.31. The minimum atomic E-state index is -5.08. The summed E-state index contributed by atoms with van der Waals surface area (Å²) >= 11 is 4.17. The molecule has 0 unspecified atom stereocenters. The Kier molecular flexibility index (Phi) is 16.7. The van der Waals surface area contributed by atoms with E-state index in [1.54, 1.807) is 30.3 Å². The van der Waals surface area contributed by atoms with Crippen molar-refractivity contribution in [3.8, 4) is 0 Å². The number of nitrogens with zero attached hydrogens (tertiary/aromatic N) is 1. The number of carboxylic acid groups (broad SMARTS) is 2. The Morgan fingerprint density at radius 3 is 1.81 bits per heavy atom. The van der Waals surface area contributed by atoms with Gasteiger partial charge >= 0.3 is 18.1 Å². The number of hydrogen-bond donors (Lipinski definition) is 10. The average Bonchev–Trinajstić information content (AvgIpc) is 2.99. The maximum Gasteiger partial charge on any atom is 0.490 e. The lowest BCUT2D eigenvalue weighted by Crippen LogP contribution is -2.58. The first kappa shape index (κ1) is 40.9. The molecule has 1 aromatic carbocycles. The maximum absolute atomic E-state index is 13.3. The highest BCUT2D eigenvalue weighted by molar-refractivity contribution is 7.80. The fourth-order valence-corrected chi connectivity index (χ4v) is 4.16.